The molecule has 1 saturated carbocycles. The summed E-state index contributed by atoms with van der Waals surface area (Å²) < 4.78 is 2.15. The Kier molecular flexibility index (Phi) is 5.44. The highest BCUT2D eigenvalue weighted by Gasteiger charge is 2.28. The molecule has 0 aliphatic heterocycles. The first-order chi connectivity index (χ1) is 14.0. The van der Waals surface area contributed by atoms with Gasteiger partial charge in [0.2, 0.25) is 0 Å². The molecule has 29 heavy (non-hydrogen) atoms. The van der Waals surface area contributed by atoms with Crippen LogP contribution in [0.25, 0.3) is 16.7 Å². The number of rotatable bonds is 4. The minimum atomic E-state index is 0.0114. The second-order valence-corrected chi connectivity index (χ2v) is 8.57. The van der Waals surface area contributed by atoms with Crippen LogP contribution < -0.4 is 5.32 Å². The lowest BCUT2D eigenvalue weighted by atomic mass is 9.78. The molecule has 2 aromatic carbocycles. The van der Waals surface area contributed by atoms with E-state index in [2.05, 4.69) is 54.9 Å². The van der Waals surface area contributed by atoms with Gasteiger partial charge >= 0.3 is 0 Å². The van der Waals surface area contributed by atoms with Crippen molar-refractivity contribution in [1.82, 2.24) is 14.9 Å². The third kappa shape index (κ3) is 3.81. The molecule has 1 aliphatic carbocycles. The summed E-state index contributed by atoms with van der Waals surface area (Å²) in [6.45, 7) is 8.72. The third-order valence-electron chi connectivity index (χ3n) is 6.71. The van der Waals surface area contributed by atoms with Crippen molar-refractivity contribution in [1.29, 1.82) is 0 Å². The highest BCUT2D eigenvalue weighted by molar-refractivity contribution is 5.97. The predicted molar refractivity (Wildman–Crippen MR) is 119 cm³/mol. The smallest absolute Gasteiger partial charge is 0.251 e. The van der Waals surface area contributed by atoms with Gasteiger partial charge in [-0.2, -0.15) is 0 Å². The molecule has 1 N–H and O–H groups in total. The number of amides is 1. The van der Waals surface area contributed by atoms with E-state index in [0.717, 1.165) is 35.4 Å². The summed E-state index contributed by atoms with van der Waals surface area (Å²) in [5, 5.41) is 3.27. The largest absolute Gasteiger partial charge is 0.349 e. The van der Waals surface area contributed by atoms with Gasteiger partial charge in [0.1, 0.15) is 5.82 Å². The van der Waals surface area contributed by atoms with Crippen LogP contribution >= 0.6 is 0 Å². The first-order valence-corrected chi connectivity index (χ1v) is 10.9. The van der Waals surface area contributed by atoms with E-state index in [1.165, 1.54) is 18.4 Å². The summed E-state index contributed by atoms with van der Waals surface area (Å²) >= 11 is 0. The zero-order chi connectivity index (χ0) is 20.5. The van der Waals surface area contributed by atoms with Gasteiger partial charge in [0, 0.05) is 17.3 Å². The fourth-order valence-corrected chi connectivity index (χ4v) is 4.59. The van der Waals surface area contributed by atoms with Crippen LogP contribution in [0.2, 0.25) is 0 Å². The van der Waals surface area contributed by atoms with Gasteiger partial charge in [-0.15, -0.1) is 0 Å². The molecule has 1 aromatic heterocycles. The van der Waals surface area contributed by atoms with Gasteiger partial charge in [-0.1, -0.05) is 45.7 Å². The average Bonchev–Trinajstić information content (AvgIpc) is 3.06. The number of nitrogens with zero attached hydrogens (tertiary/aromatic N) is 2. The Morgan fingerprint density at radius 2 is 1.90 bits per heavy atom. The molecule has 3 atom stereocenters. The molecule has 0 unspecified atom stereocenters. The molecule has 4 nitrogen and oxygen atoms in total. The standard InChI is InChI=1S/C25H31N3O/c1-5-19-9-12-21(13-10-19)28-18(4)26-23-15-20(11-14-24(23)28)25(29)27-22-8-6-7-16(2)17(22)3/h9-17,22H,5-8H2,1-4H3,(H,27,29)/t16-,17+,22+/m0/s1. The van der Waals surface area contributed by atoms with E-state index in [1.807, 2.05) is 25.1 Å². The van der Waals surface area contributed by atoms with Crippen LogP contribution in [0.4, 0.5) is 0 Å². The van der Waals surface area contributed by atoms with Crippen LogP contribution in [0.3, 0.4) is 0 Å². The first kappa shape index (κ1) is 19.7. The summed E-state index contributed by atoms with van der Waals surface area (Å²) in [5.41, 5.74) is 5.00. The van der Waals surface area contributed by atoms with Crippen molar-refractivity contribution >= 4 is 16.9 Å². The summed E-state index contributed by atoms with van der Waals surface area (Å²) in [7, 11) is 0. The molecule has 3 aromatic rings. The predicted octanol–water partition coefficient (Wildman–Crippen LogP) is 5.45. The van der Waals surface area contributed by atoms with E-state index in [-0.39, 0.29) is 11.9 Å². The second-order valence-electron chi connectivity index (χ2n) is 8.57. The first-order valence-electron chi connectivity index (χ1n) is 10.9. The van der Waals surface area contributed by atoms with Gasteiger partial charge in [0.15, 0.2) is 0 Å². The van der Waals surface area contributed by atoms with Gasteiger partial charge < -0.3 is 5.32 Å². The zero-order valence-corrected chi connectivity index (χ0v) is 17.9. The van der Waals surface area contributed by atoms with Crippen molar-refractivity contribution in [3.63, 3.8) is 0 Å². The summed E-state index contributed by atoms with van der Waals surface area (Å²) in [6.07, 6.45) is 4.55. The molecule has 1 heterocycles. The normalized spacial score (nSPS) is 22.0. The lowest BCUT2D eigenvalue weighted by Gasteiger charge is -2.34. The van der Waals surface area contributed by atoms with Crippen LogP contribution in [0.5, 0.6) is 0 Å². The monoisotopic (exact) mass is 389 g/mol. The van der Waals surface area contributed by atoms with E-state index in [4.69, 9.17) is 4.98 Å². The van der Waals surface area contributed by atoms with E-state index < -0.39 is 0 Å². The van der Waals surface area contributed by atoms with Crippen LogP contribution in [-0.2, 0) is 6.42 Å². The van der Waals surface area contributed by atoms with E-state index in [0.29, 0.717) is 17.4 Å². The number of hydrogen-bond acceptors (Lipinski definition) is 2. The highest BCUT2D eigenvalue weighted by atomic mass is 16.1. The summed E-state index contributed by atoms with van der Waals surface area (Å²) in [5.74, 6) is 2.12. The average molecular weight is 390 g/mol. The van der Waals surface area contributed by atoms with E-state index >= 15 is 0 Å². The maximum atomic E-state index is 12.9. The van der Waals surface area contributed by atoms with Crippen LogP contribution in [0.1, 0.15) is 61.8 Å². The molecule has 0 radical (unpaired) electrons. The Hall–Kier alpha value is -2.62. The molecule has 4 heteroatoms. The van der Waals surface area contributed by atoms with Gasteiger partial charge in [-0.25, -0.2) is 4.98 Å². The van der Waals surface area contributed by atoms with Gasteiger partial charge in [-0.3, -0.25) is 9.36 Å². The lowest BCUT2D eigenvalue weighted by molar-refractivity contribution is 0.0891. The fraction of sp³-hybridized carbons (Fsp3) is 0.440. The molecule has 0 spiro atoms. The number of hydrogen-bond donors (Lipinski definition) is 1. The molecule has 0 bridgehead atoms. The number of aromatic nitrogens is 2. The quantitative estimate of drug-likeness (QED) is 0.645. The Labute approximate surface area is 173 Å². The number of nitrogens with one attached hydrogen (secondary N) is 1. The van der Waals surface area contributed by atoms with Gasteiger partial charge in [-0.05, 0) is 67.5 Å². The SMILES string of the molecule is CCc1ccc(-n2c(C)nc3cc(C(=O)N[C@@H]4CCC[C@H](C)[C@H]4C)ccc32)cc1. The topological polar surface area (TPSA) is 46.9 Å². The number of carbonyl (C=O) groups is 1. The number of benzene rings is 2. The molecule has 1 aliphatic rings. The molecule has 1 amide bonds. The molecule has 4 rings (SSSR count). The Morgan fingerprint density at radius 1 is 1.14 bits per heavy atom. The Balaban J connectivity index is 1.60. The van der Waals surface area contributed by atoms with Crippen LogP contribution in [-0.4, -0.2) is 21.5 Å². The van der Waals surface area contributed by atoms with Crippen LogP contribution in [0.15, 0.2) is 42.5 Å². The maximum absolute atomic E-state index is 12.9. The van der Waals surface area contributed by atoms with E-state index in [1.54, 1.807) is 0 Å². The molecule has 0 saturated heterocycles. The summed E-state index contributed by atoms with van der Waals surface area (Å²) in [6, 6.07) is 14.7. The highest BCUT2D eigenvalue weighted by Crippen LogP contribution is 2.30. The minimum Gasteiger partial charge on any atom is -0.349 e. The minimum absolute atomic E-state index is 0.0114. The number of imidazole rings is 1. The van der Waals surface area contributed by atoms with Gasteiger partial charge in [0.05, 0.1) is 11.0 Å². The van der Waals surface area contributed by atoms with Crippen molar-refractivity contribution in [2.75, 3.05) is 0 Å². The lowest BCUT2D eigenvalue weighted by Crippen LogP contribution is -2.43. The Morgan fingerprint density at radius 3 is 2.62 bits per heavy atom. The molecule has 1 fully saturated rings. The molecular weight excluding hydrogens is 358 g/mol. The Bertz CT molecular complexity index is 1020. The number of carbonyl (C=O) groups excluding carboxylic acids is 1. The second kappa shape index (κ2) is 8.02. The number of aryl methyl sites for hydroxylation is 2. The van der Waals surface area contributed by atoms with Gasteiger partial charge in [0.25, 0.3) is 5.91 Å². The summed E-state index contributed by atoms with van der Waals surface area (Å²) in [4.78, 5) is 17.6. The van der Waals surface area contributed by atoms with Crippen molar-refractivity contribution in [2.45, 2.75) is 59.4 Å². The zero-order valence-electron chi connectivity index (χ0n) is 17.9. The van der Waals surface area contributed by atoms with Crippen molar-refractivity contribution in [3.05, 3.63) is 59.4 Å². The maximum Gasteiger partial charge on any atom is 0.251 e. The third-order valence-corrected chi connectivity index (χ3v) is 6.71. The van der Waals surface area contributed by atoms with E-state index in [9.17, 15) is 4.79 Å². The van der Waals surface area contributed by atoms with Crippen molar-refractivity contribution in [3.8, 4) is 5.69 Å². The molecule has 152 valence electrons. The number of fused-ring (bicyclic) bond motifs is 1. The van der Waals surface area contributed by atoms with Crippen molar-refractivity contribution in [2.24, 2.45) is 11.8 Å². The fourth-order valence-electron chi connectivity index (χ4n) is 4.59. The molecular formula is C25H31N3O. The van der Waals surface area contributed by atoms with Crippen molar-refractivity contribution < 1.29 is 4.79 Å². The van der Waals surface area contributed by atoms with Crippen LogP contribution in [0, 0.1) is 18.8 Å².